The number of nitrogens with one attached hydrogen (secondary N) is 1. The first-order valence-electron chi connectivity index (χ1n) is 7.21. The van der Waals surface area contributed by atoms with Gasteiger partial charge in [0.05, 0.1) is 6.04 Å². The highest BCUT2D eigenvalue weighted by Crippen LogP contribution is 2.45. The Morgan fingerprint density at radius 3 is 2.73 bits per heavy atom. The minimum atomic E-state index is -0.505. The predicted molar refractivity (Wildman–Crippen MR) is 92.5 cm³/mol. The van der Waals surface area contributed by atoms with E-state index in [2.05, 4.69) is 18.3 Å². The second-order valence-electron chi connectivity index (χ2n) is 5.83. The highest BCUT2D eigenvalue weighted by molar-refractivity contribution is 7.80. The van der Waals surface area contributed by atoms with Crippen LogP contribution in [0.25, 0.3) is 0 Å². The summed E-state index contributed by atoms with van der Waals surface area (Å²) in [5, 5.41) is 4.82. The van der Waals surface area contributed by atoms with Gasteiger partial charge in [-0.25, -0.2) is 0 Å². The molecule has 1 N–H and O–H groups in total. The van der Waals surface area contributed by atoms with Gasteiger partial charge in [-0.3, -0.25) is 4.90 Å². The van der Waals surface area contributed by atoms with Gasteiger partial charge in [-0.2, -0.15) is 0 Å². The smallest absolute Gasteiger partial charge is 0.188 e. The van der Waals surface area contributed by atoms with Gasteiger partial charge >= 0.3 is 0 Å². The molecule has 2 aliphatic rings. The van der Waals surface area contributed by atoms with Crippen LogP contribution in [0.15, 0.2) is 48.5 Å². The molecule has 22 heavy (non-hydrogen) atoms. The number of hydrogen-bond donors (Lipinski definition) is 1. The fraction of sp³-hybridized carbons (Fsp3) is 0.235. The Hall–Kier alpha value is -1.78. The zero-order valence-electron chi connectivity index (χ0n) is 12.0. The number of ether oxygens (including phenoxy) is 1. The normalized spacial score (nSPS) is 26.0. The Kier molecular flexibility index (Phi) is 3.06. The number of para-hydroxylation sites is 1. The summed E-state index contributed by atoms with van der Waals surface area (Å²) in [4.78, 5) is 2.03. The van der Waals surface area contributed by atoms with Gasteiger partial charge in [-0.05, 0) is 49.5 Å². The van der Waals surface area contributed by atoms with E-state index in [0.717, 1.165) is 23.4 Å². The predicted octanol–water partition coefficient (Wildman–Crippen LogP) is 4.27. The number of nitrogens with zero attached hydrogens (tertiary/aromatic N) is 1. The van der Waals surface area contributed by atoms with Crippen molar-refractivity contribution in [2.75, 3.05) is 4.90 Å². The van der Waals surface area contributed by atoms with Crippen LogP contribution < -0.4 is 15.0 Å². The summed E-state index contributed by atoms with van der Waals surface area (Å²) in [5.74, 6) is 0.912. The van der Waals surface area contributed by atoms with Crippen molar-refractivity contribution < 1.29 is 4.74 Å². The molecule has 2 aliphatic heterocycles. The lowest BCUT2D eigenvalue weighted by Crippen LogP contribution is -2.65. The van der Waals surface area contributed by atoms with Gasteiger partial charge in [0, 0.05) is 22.7 Å². The number of benzene rings is 2. The van der Waals surface area contributed by atoms with E-state index in [1.54, 1.807) is 0 Å². The van der Waals surface area contributed by atoms with E-state index in [0.29, 0.717) is 10.1 Å². The summed E-state index contributed by atoms with van der Waals surface area (Å²) >= 11 is 11.6. The molecule has 2 aromatic carbocycles. The number of rotatable bonds is 1. The summed E-state index contributed by atoms with van der Waals surface area (Å²) in [5.41, 5.74) is 1.63. The van der Waals surface area contributed by atoms with Crippen molar-refractivity contribution >= 4 is 34.6 Å². The Morgan fingerprint density at radius 1 is 1.23 bits per heavy atom. The number of thiocarbonyl (C=S) groups is 1. The number of hydrogen-bond acceptors (Lipinski definition) is 2. The van der Waals surface area contributed by atoms with Crippen molar-refractivity contribution in [3.05, 3.63) is 59.1 Å². The van der Waals surface area contributed by atoms with E-state index in [9.17, 15) is 0 Å². The number of anilines is 1. The first kappa shape index (κ1) is 13.9. The van der Waals surface area contributed by atoms with Crippen LogP contribution in [0.4, 0.5) is 5.69 Å². The van der Waals surface area contributed by atoms with Gasteiger partial charge in [-0.1, -0.05) is 29.8 Å². The van der Waals surface area contributed by atoms with Gasteiger partial charge < -0.3 is 10.1 Å². The third-order valence-electron chi connectivity index (χ3n) is 4.27. The van der Waals surface area contributed by atoms with Crippen LogP contribution in [0, 0.1) is 0 Å². The molecular formula is C17H15ClN2OS. The van der Waals surface area contributed by atoms with Gasteiger partial charge in [0.1, 0.15) is 5.75 Å². The molecule has 0 spiro atoms. The first-order chi connectivity index (χ1) is 10.6. The van der Waals surface area contributed by atoms with E-state index in [1.807, 2.05) is 47.4 Å². The fourth-order valence-corrected chi connectivity index (χ4v) is 3.87. The lowest BCUT2D eigenvalue weighted by Gasteiger charge is -2.52. The van der Waals surface area contributed by atoms with Crippen molar-refractivity contribution in [2.24, 2.45) is 0 Å². The Balaban J connectivity index is 1.80. The van der Waals surface area contributed by atoms with Gasteiger partial charge in [0.15, 0.2) is 10.8 Å². The number of halogens is 1. The van der Waals surface area contributed by atoms with E-state index in [1.165, 1.54) is 0 Å². The monoisotopic (exact) mass is 330 g/mol. The Morgan fingerprint density at radius 2 is 1.95 bits per heavy atom. The maximum Gasteiger partial charge on any atom is 0.188 e. The SMILES string of the molecule is C[C@]12C[C@@H](NC(=S)N1c1ccc(Cl)cc1)c1ccccc1O2. The molecule has 4 rings (SSSR count). The molecular weight excluding hydrogens is 316 g/mol. The molecule has 112 valence electrons. The molecule has 2 bridgehead atoms. The average Bonchev–Trinajstić information content (AvgIpc) is 2.48. The Bertz CT molecular complexity index is 749. The molecule has 0 amide bonds. The topological polar surface area (TPSA) is 24.5 Å². The van der Waals surface area contributed by atoms with Crippen LogP contribution in [0.5, 0.6) is 5.75 Å². The van der Waals surface area contributed by atoms with Crippen LogP contribution in [-0.2, 0) is 0 Å². The van der Waals surface area contributed by atoms with Gasteiger partial charge in [-0.15, -0.1) is 0 Å². The molecule has 2 heterocycles. The van der Waals surface area contributed by atoms with Gasteiger partial charge in [0.2, 0.25) is 0 Å². The molecule has 1 fully saturated rings. The average molecular weight is 331 g/mol. The van der Waals surface area contributed by atoms with E-state index < -0.39 is 5.72 Å². The summed E-state index contributed by atoms with van der Waals surface area (Å²) in [6, 6.07) is 16.0. The van der Waals surface area contributed by atoms with Crippen LogP contribution in [0.2, 0.25) is 5.02 Å². The van der Waals surface area contributed by atoms with Gasteiger partial charge in [0.25, 0.3) is 0 Å². The third-order valence-corrected chi connectivity index (χ3v) is 4.82. The van der Waals surface area contributed by atoms with Crippen molar-refractivity contribution in [3.63, 3.8) is 0 Å². The Labute approximate surface area is 139 Å². The minimum absolute atomic E-state index is 0.186. The molecule has 5 heteroatoms. The highest BCUT2D eigenvalue weighted by atomic mass is 35.5. The fourth-order valence-electron chi connectivity index (χ4n) is 3.30. The van der Waals surface area contributed by atoms with Crippen LogP contribution in [0.1, 0.15) is 24.9 Å². The van der Waals surface area contributed by atoms with Crippen molar-refractivity contribution in [1.82, 2.24) is 5.32 Å². The molecule has 0 aliphatic carbocycles. The molecule has 0 radical (unpaired) electrons. The third kappa shape index (κ3) is 2.06. The quantitative estimate of drug-likeness (QED) is 0.789. The number of fused-ring (bicyclic) bond motifs is 4. The minimum Gasteiger partial charge on any atom is -0.467 e. The van der Waals surface area contributed by atoms with E-state index in [-0.39, 0.29) is 6.04 Å². The lowest BCUT2D eigenvalue weighted by atomic mass is 9.90. The molecule has 1 saturated heterocycles. The van der Waals surface area contributed by atoms with Crippen LogP contribution >= 0.6 is 23.8 Å². The molecule has 2 aromatic rings. The summed E-state index contributed by atoms with van der Waals surface area (Å²) in [6.07, 6.45) is 0.826. The van der Waals surface area contributed by atoms with E-state index in [4.69, 9.17) is 28.6 Å². The van der Waals surface area contributed by atoms with Crippen molar-refractivity contribution in [3.8, 4) is 5.75 Å². The van der Waals surface area contributed by atoms with E-state index >= 15 is 0 Å². The summed E-state index contributed by atoms with van der Waals surface area (Å²) < 4.78 is 6.32. The molecule has 2 atom stereocenters. The zero-order valence-corrected chi connectivity index (χ0v) is 13.6. The second-order valence-corrected chi connectivity index (χ2v) is 6.66. The van der Waals surface area contributed by atoms with Crippen molar-refractivity contribution in [2.45, 2.75) is 25.1 Å². The highest BCUT2D eigenvalue weighted by Gasteiger charge is 2.48. The summed E-state index contributed by atoms with van der Waals surface area (Å²) in [6.45, 7) is 2.08. The molecule has 0 saturated carbocycles. The van der Waals surface area contributed by atoms with Crippen LogP contribution in [0.3, 0.4) is 0 Å². The largest absolute Gasteiger partial charge is 0.467 e. The molecule has 0 aromatic heterocycles. The maximum atomic E-state index is 6.32. The maximum absolute atomic E-state index is 6.32. The molecule has 3 nitrogen and oxygen atoms in total. The lowest BCUT2D eigenvalue weighted by molar-refractivity contribution is 0.0498. The second kappa shape index (κ2) is 4.86. The van der Waals surface area contributed by atoms with Crippen molar-refractivity contribution in [1.29, 1.82) is 0 Å². The first-order valence-corrected chi connectivity index (χ1v) is 8.00. The van der Waals surface area contributed by atoms with Crippen LogP contribution in [-0.4, -0.2) is 10.8 Å². The standard InChI is InChI=1S/C17H15ClN2OS/c1-17-10-14(13-4-2-3-5-15(13)21-17)19-16(22)20(17)12-8-6-11(18)7-9-12/h2-9,14H,10H2,1H3,(H,19,22)/t14-,17+/m1/s1. The molecule has 0 unspecified atom stereocenters. The summed E-state index contributed by atoms with van der Waals surface area (Å²) in [7, 11) is 0. The zero-order chi connectivity index (χ0) is 15.3.